The van der Waals surface area contributed by atoms with Crippen molar-refractivity contribution in [3.05, 3.63) is 77.9 Å². The van der Waals surface area contributed by atoms with Gasteiger partial charge >= 0.3 is 0 Å². The van der Waals surface area contributed by atoms with Crippen molar-refractivity contribution in [2.24, 2.45) is 0 Å². The molecule has 0 saturated carbocycles. The molecule has 1 N–H and O–H groups in total. The summed E-state index contributed by atoms with van der Waals surface area (Å²) in [4.78, 5) is 13.0. The van der Waals surface area contributed by atoms with Crippen molar-refractivity contribution in [1.29, 1.82) is 0 Å². The Labute approximate surface area is 182 Å². The molecule has 6 nitrogen and oxygen atoms in total. The number of fused-ring (bicyclic) bond motifs is 3. The van der Waals surface area contributed by atoms with Crippen LogP contribution < -0.4 is 14.4 Å². The first-order valence-electron chi connectivity index (χ1n) is 10.1. The molecule has 0 bridgehead atoms. The fourth-order valence-corrected chi connectivity index (χ4v) is 5.45. The van der Waals surface area contributed by atoms with Crippen molar-refractivity contribution in [2.45, 2.75) is 24.8 Å². The van der Waals surface area contributed by atoms with Crippen LogP contribution in [0.1, 0.15) is 18.1 Å². The van der Waals surface area contributed by atoms with E-state index in [1.807, 2.05) is 48.5 Å². The first kappa shape index (κ1) is 20.9. The third-order valence-electron chi connectivity index (χ3n) is 5.44. The van der Waals surface area contributed by atoms with E-state index in [9.17, 15) is 13.2 Å². The van der Waals surface area contributed by atoms with Crippen LogP contribution >= 0.6 is 0 Å². The van der Waals surface area contributed by atoms with Gasteiger partial charge in [0.15, 0.2) is 0 Å². The van der Waals surface area contributed by atoms with Gasteiger partial charge in [0.25, 0.3) is 10.0 Å². The highest BCUT2D eigenvalue weighted by atomic mass is 32.2. The fraction of sp³-hybridized carbons (Fsp3) is 0.208. The molecule has 0 spiro atoms. The number of carbonyl (C=O) groups excluding carboxylic acids is 1. The Balaban J connectivity index is 1.64. The van der Waals surface area contributed by atoms with Crippen LogP contribution in [0, 0.1) is 0 Å². The topological polar surface area (TPSA) is 75.7 Å². The molecule has 160 valence electrons. The molecule has 4 rings (SSSR count). The third-order valence-corrected chi connectivity index (χ3v) is 7.26. The van der Waals surface area contributed by atoms with Crippen molar-refractivity contribution in [2.75, 3.05) is 18.0 Å². The van der Waals surface area contributed by atoms with Gasteiger partial charge in [0.2, 0.25) is 5.91 Å². The number of amides is 1. The average molecular weight is 437 g/mol. The van der Waals surface area contributed by atoms with E-state index in [-0.39, 0.29) is 23.9 Å². The third kappa shape index (κ3) is 3.88. The molecule has 3 aromatic rings. The quantitative estimate of drug-likeness (QED) is 0.639. The van der Waals surface area contributed by atoms with Crippen LogP contribution in [0.15, 0.2) is 71.6 Å². The summed E-state index contributed by atoms with van der Waals surface area (Å²) in [6.45, 7) is 2.00. The van der Waals surface area contributed by atoms with Gasteiger partial charge in [-0.25, -0.2) is 8.42 Å². The monoisotopic (exact) mass is 436 g/mol. The molecule has 0 fully saturated rings. The smallest absolute Gasteiger partial charge is 0.265 e. The van der Waals surface area contributed by atoms with Crippen molar-refractivity contribution < 1.29 is 17.9 Å². The molecule has 0 aromatic heterocycles. The van der Waals surface area contributed by atoms with Gasteiger partial charge in [0, 0.05) is 23.2 Å². The van der Waals surface area contributed by atoms with Gasteiger partial charge in [-0.3, -0.25) is 9.10 Å². The average Bonchev–Trinajstić information content (AvgIpc) is 2.80. The maximum atomic E-state index is 13.4. The maximum absolute atomic E-state index is 13.4. The normalized spacial score (nSPS) is 13.8. The number of benzene rings is 3. The van der Waals surface area contributed by atoms with E-state index in [1.165, 1.54) is 4.31 Å². The number of para-hydroxylation sites is 1. The van der Waals surface area contributed by atoms with Gasteiger partial charge in [-0.2, -0.15) is 0 Å². The van der Waals surface area contributed by atoms with E-state index in [2.05, 4.69) is 12.2 Å². The Morgan fingerprint density at radius 2 is 1.74 bits per heavy atom. The SMILES string of the molecule is CCc1ccc2c(c1)-c1ccccc1S(=O)(=O)N2CC(=O)NCc1ccccc1OC. The predicted octanol–water partition coefficient (Wildman–Crippen LogP) is 3.75. The van der Waals surface area contributed by atoms with Crippen LogP contribution in [-0.2, 0) is 27.8 Å². The molecule has 0 radical (unpaired) electrons. The van der Waals surface area contributed by atoms with Gasteiger partial charge < -0.3 is 10.1 Å². The van der Waals surface area contributed by atoms with Crippen LogP contribution in [0.5, 0.6) is 5.75 Å². The second kappa shape index (κ2) is 8.43. The molecule has 1 aliphatic heterocycles. The lowest BCUT2D eigenvalue weighted by Crippen LogP contribution is -2.42. The molecule has 7 heteroatoms. The molecule has 0 unspecified atom stereocenters. The zero-order valence-corrected chi connectivity index (χ0v) is 18.3. The van der Waals surface area contributed by atoms with Crippen LogP contribution in [0.25, 0.3) is 11.1 Å². The summed E-state index contributed by atoms with van der Waals surface area (Å²) in [5.41, 5.74) is 3.93. The summed E-state index contributed by atoms with van der Waals surface area (Å²) in [5.74, 6) is 0.277. The Kier molecular flexibility index (Phi) is 5.69. The minimum absolute atomic E-state index is 0.216. The van der Waals surface area contributed by atoms with Crippen molar-refractivity contribution in [3.63, 3.8) is 0 Å². The Morgan fingerprint density at radius 1 is 1.00 bits per heavy atom. The first-order chi connectivity index (χ1) is 15.0. The van der Waals surface area contributed by atoms with E-state index in [4.69, 9.17) is 4.74 Å². The molecule has 0 aliphatic carbocycles. The highest BCUT2D eigenvalue weighted by Crippen LogP contribution is 2.43. The van der Waals surface area contributed by atoms with Crippen LogP contribution in [0.2, 0.25) is 0 Å². The Bertz CT molecular complexity index is 1240. The number of methoxy groups -OCH3 is 1. The molecule has 1 amide bonds. The van der Waals surface area contributed by atoms with Crippen LogP contribution in [-0.4, -0.2) is 28.0 Å². The lowest BCUT2D eigenvalue weighted by molar-refractivity contribution is -0.119. The number of aryl methyl sites for hydroxylation is 1. The molecular formula is C24H24N2O4S. The number of hydrogen-bond acceptors (Lipinski definition) is 4. The number of carbonyl (C=O) groups is 1. The highest BCUT2D eigenvalue weighted by molar-refractivity contribution is 7.93. The number of nitrogens with zero attached hydrogens (tertiary/aromatic N) is 1. The van der Waals surface area contributed by atoms with Gasteiger partial charge in [-0.15, -0.1) is 0 Å². The number of sulfonamides is 1. The summed E-state index contributed by atoms with van der Waals surface area (Å²) in [6, 6.07) is 20.0. The first-order valence-corrected chi connectivity index (χ1v) is 11.5. The summed E-state index contributed by atoms with van der Waals surface area (Å²) in [7, 11) is -2.29. The minimum Gasteiger partial charge on any atom is -0.496 e. The second-order valence-electron chi connectivity index (χ2n) is 7.30. The van der Waals surface area contributed by atoms with Crippen molar-refractivity contribution in [3.8, 4) is 16.9 Å². The summed E-state index contributed by atoms with van der Waals surface area (Å²) in [5, 5.41) is 2.81. The summed E-state index contributed by atoms with van der Waals surface area (Å²) in [6.07, 6.45) is 0.835. The number of ether oxygens (including phenoxy) is 1. The van der Waals surface area contributed by atoms with E-state index in [1.54, 1.807) is 25.3 Å². The van der Waals surface area contributed by atoms with Crippen molar-refractivity contribution in [1.82, 2.24) is 5.32 Å². The van der Waals surface area contributed by atoms with Gasteiger partial charge in [0.05, 0.1) is 17.7 Å². The molecule has 1 heterocycles. The minimum atomic E-state index is -3.86. The summed E-state index contributed by atoms with van der Waals surface area (Å²) >= 11 is 0. The highest BCUT2D eigenvalue weighted by Gasteiger charge is 2.35. The Hall–Kier alpha value is -3.32. The molecule has 3 aromatic carbocycles. The lowest BCUT2D eigenvalue weighted by atomic mass is 9.99. The molecule has 0 atom stereocenters. The zero-order chi connectivity index (χ0) is 22.0. The molecule has 0 saturated heterocycles. The number of anilines is 1. The van der Waals surface area contributed by atoms with Gasteiger partial charge in [0.1, 0.15) is 12.3 Å². The molecule has 1 aliphatic rings. The largest absolute Gasteiger partial charge is 0.496 e. The maximum Gasteiger partial charge on any atom is 0.265 e. The predicted molar refractivity (Wildman–Crippen MR) is 121 cm³/mol. The van der Waals surface area contributed by atoms with E-state index in [0.29, 0.717) is 17.0 Å². The summed E-state index contributed by atoms with van der Waals surface area (Å²) < 4.78 is 33.2. The number of nitrogens with one attached hydrogen (secondary N) is 1. The molecule has 31 heavy (non-hydrogen) atoms. The zero-order valence-electron chi connectivity index (χ0n) is 17.5. The number of rotatable bonds is 6. The Morgan fingerprint density at radius 3 is 2.52 bits per heavy atom. The van der Waals surface area contributed by atoms with Gasteiger partial charge in [-0.1, -0.05) is 49.4 Å². The van der Waals surface area contributed by atoms with Gasteiger partial charge in [-0.05, 0) is 36.2 Å². The van der Waals surface area contributed by atoms with E-state index in [0.717, 1.165) is 23.1 Å². The van der Waals surface area contributed by atoms with Crippen molar-refractivity contribution >= 4 is 21.6 Å². The number of hydrogen-bond donors (Lipinski definition) is 1. The second-order valence-corrected chi connectivity index (χ2v) is 9.13. The molecular weight excluding hydrogens is 412 g/mol. The fourth-order valence-electron chi connectivity index (χ4n) is 3.80. The lowest BCUT2D eigenvalue weighted by Gasteiger charge is -2.32. The van der Waals surface area contributed by atoms with Crippen LogP contribution in [0.4, 0.5) is 5.69 Å². The standard InChI is InChI=1S/C24H24N2O4S/c1-3-17-12-13-21-20(14-17)19-9-5-7-11-23(19)31(28,29)26(21)16-24(27)25-15-18-8-4-6-10-22(18)30-2/h4-14H,3,15-16H2,1-2H3,(H,25,27). The van der Waals surface area contributed by atoms with Crippen LogP contribution in [0.3, 0.4) is 0 Å². The van der Waals surface area contributed by atoms with E-state index < -0.39 is 10.0 Å². The van der Waals surface area contributed by atoms with E-state index >= 15 is 0 Å².